The van der Waals surface area contributed by atoms with Crippen LogP contribution in [0, 0.1) is 0 Å². The SMILES string of the molecule is CCNCc1cccc(COc2ccc(Cl)cc2)n1. The molecular weight excluding hydrogens is 260 g/mol. The Morgan fingerprint density at radius 2 is 1.84 bits per heavy atom. The highest BCUT2D eigenvalue weighted by molar-refractivity contribution is 6.30. The molecule has 4 heteroatoms. The molecule has 0 radical (unpaired) electrons. The van der Waals surface area contributed by atoms with Gasteiger partial charge in [0.2, 0.25) is 0 Å². The van der Waals surface area contributed by atoms with Gasteiger partial charge in [0, 0.05) is 11.6 Å². The number of pyridine rings is 1. The van der Waals surface area contributed by atoms with E-state index in [1.807, 2.05) is 42.5 Å². The minimum Gasteiger partial charge on any atom is -0.487 e. The average molecular weight is 277 g/mol. The second-order valence-electron chi connectivity index (χ2n) is 4.14. The molecule has 19 heavy (non-hydrogen) atoms. The van der Waals surface area contributed by atoms with Gasteiger partial charge in [-0.1, -0.05) is 24.6 Å². The summed E-state index contributed by atoms with van der Waals surface area (Å²) in [5, 5.41) is 3.96. The lowest BCUT2D eigenvalue weighted by Gasteiger charge is -2.07. The van der Waals surface area contributed by atoms with Crippen LogP contribution < -0.4 is 10.1 Å². The maximum Gasteiger partial charge on any atom is 0.130 e. The van der Waals surface area contributed by atoms with Crippen molar-refractivity contribution >= 4 is 11.6 Å². The molecule has 3 nitrogen and oxygen atoms in total. The molecule has 0 aliphatic carbocycles. The van der Waals surface area contributed by atoms with Crippen LogP contribution in [0.3, 0.4) is 0 Å². The van der Waals surface area contributed by atoms with Crippen molar-refractivity contribution < 1.29 is 4.74 Å². The zero-order chi connectivity index (χ0) is 13.5. The highest BCUT2D eigenvalue weighted by Gasteiger charge is 1.99. The molecule has 0 saturated heterocycles. The number of hydrogen-bond donors (Lipinski definition) is 1. The Bertz CT molecular complexity index is 514. The number of aromatic nitrogens is 1. The molecule has 0 fully saturated rings. The van der Waals surface area contributed by atoms with Crippen molar-refractivity contribution in [1.29, 1.82) is 0 Å². The Morgan fingerprint density at radius 3 is 2.58 bits per heavy atom. The Morgan fingerprint density at radius 1 is 1.11 bits per heavy atom. The lowest BCUT2D eigenvalue weighted by Crippen LogP contribution is -2.13. The van der Waals surface area contributed by atoms with E-state index in [9.17, 15) is 0 Å². The average Bonchev–Trinajstić information content (AvgIpc) is 2.45. The van der Waals surface area contributed by atoms with Gasteiger partial charge in [-0.25, -0.2) is 0 Å². The molecule has 0 aliphatic heterocycles. The van der Waals surface area contributed by atoms with E-state index >= 15 is 0 Å². The van der Waals surface area contributed by atoms with E-state index in [0.29, 0.717) is 11.6 Å². The van der Waals surface area contributed by atoms with E-state index in [1.165, 1.54) is 0 Å². The van der Waals surface area contributed by atoms with Gasteiger partial charge in [-0.2, -0.15) is 0 Å². The van der Waals surface area contributed by atoms with E-state index < -0.39 is 0 Å². The molecule has 0 amide bonds. The number of halogens is 1. The highest BCUT2D eigenvalue weighted by atomic mass is 35.5. The van der Waals surface area contributed by atoms with Crippen LogP contribution in [-0.4, -0.2) is 11.5 Å². The van der Waals surface area contributed by atoms with Crippen LogP contribution in [0.25, 0.3) is 0 Å². The first-order valence-corrected chi connectivity index (χ1v) is 6.69. The lowest BCUT2D eigenvalue weighted by atomic mass is 10.3. The maximum absolute atomic E-state index is 5.82. The van der Waals surface area contributed by atoms with E-state index in [2.05, 4.69) is 17.2 Å². The van der Waals surface area contributed by atoms with E-state index in [-0.39, 0.29) is 0 Å². The van der Waals surface area contributed by atoms with Crippen molar-refractivity contribution in [1.82, 2.24) is 10.3 Å². The summed E-state index contributed by atoms with van der Waals surface area (Å²) in [6, 6.07) is 13.3. The molecule has 100 valence electrons. The molecule has 0 saturated carbocycles. The smallest absolute Gasteiger partial charge is 0.130 e. The number of hydrogen-bond acceptors (Lipinski definition) is 3. The van der Waals surface area contributed by atoms with E-state index in [1.54, 1.807) is 0 Å². The first-order valence-electron chi connectivity index (χ1n) is 6.32. The van der Waals surface area contributed by atoms with E-state index in [4.69, 9.17) is 16.3 Å². The fraction of sp³-hybridized carbons (Fsp3) is 0.267. The van der Waals surface area contributed by atoms with Crippen LogP contribution in [0.5, 0.6) is 5.75 Å². The molecule has 2 rings (SSSR count). The standard InChI is InChI=1S/C15H17ClN2O/c1-2-17-10-13-4-3-5-14(18-13)11-19-15-8-6-12(16)7-9-15/h3-9,17H,2,10-11H2,1H3. The number of nitrogens with zero attached hydrogens (tertiary/aromatic N) is 1. The number of nitrogens with one attached hydrogen (secondary N) is 1. The van der Waals surface area contributed by atoms with Gasteiger partial charge in [0.05, 0.1) is 11.4 Å². The van der Waals surface area contributed by atoms with Crippen LogP contribution in [0.2, 0.25) is 5.02 Å². The Kier molecular flexibility index (Phi) is 5.19. The van der Waals surface area contributed by atoms with Gasteiger partial charge >= 0.3 is 0 Å². The summed E-state index contributed by atoms with van der Waals surface area (Å²) in [6.45, 7) is 4.26. The quantitative estimate of drug-likeness (QED) is 0.878. The molecule has 0 unspecified atom stereocenters. The van der Waals surface area contributed by atoms with Crippen LogP contribution >= 0.6 is 11.6 Å². The molecule has 1 aromatic heterocycles. The van der Waals surface area contributed by atoms with Gasteiger partial charge < -0.3 is 10.1 Å². The minimum absolute atomic E-state index is 0.460. The lowest BCUT2D eigenvalue weighted by molar-refractivity contribution is 0.301. The Balaban J connectivity index is 1.93. The van der Waals surface area contributed by atoms with Crippen LogP contribution in [0.4, 0.5) is 0 Å². The van der Waals surface area contributed by atoms with E-state index in [0.717, 1.165) is 30.2 Å². The summed E-state index contributed by atoms with van der Waals surface area (Å²) >= 11 is 5.82. The van der Waals surface area contributed by atoms with Gasteiger partial charge in [-0.05, 0) is 42.9 Å². The third-order valence-corrected chi connectivity index (χ3v) is 2.87. The molecule has 0 spiro atoms. The molecule has 0 bridgehead atoms. The van der Waals surface area contributed by atoms with Crippen molar-refractivity contribution in [2.24, 2.45) is 0 Å². The van der Waals surface area contributed by atoms with Crippen molar-refractivity contribution in [3.05, 3.63) is 58.9 Å². The molecule has 0 aliphatic rings. The third-order valence-electron chi connectivity index (χ3n) is 2.62. The maximum atomic E-state index is 5.82. The molecule has 1 heterocycles. The van der Waals surface area contributed by atoms with Crippen LogP contribution in [-0.2, 0) is 13.2 Å². The molecular formula is C15H17ClN2O. The van der Waals surface area contributed by atoms with Crippen LogP contribution in [0.1, 0.15) is 18.3 Å². The van der Waals surface area contributed by atoms with Gasteiger partial charge in [0.15, 0.2) is 0 Å². The number of ether oxygens (including phenoxy) is 1. The molecule has 1 aromatic carbocycles. The summed E-state index contributed by atoms with van der Waals surface area (Å²) in [5.41, 5.74) is 1.95. The summed E-state index contributed by atoms with van der Waals surface area (Å²) in [4.78, 5) is 4.53. The minimum atomic E-state index is 0.460. The predicted molar refractivity (Wildman–Crippen MR) is 77.4 cm³/mol. The number of benzene rings is 1. The van der Waals surface area contributed by atoms with Crippen molar-refractivity contribution in [3.63, 3.8) is 0 Å². The zero-order valence-corrected chi connectivity index (χ0v) is 11.7. The van der Waals surface area contributed by atoms with Crippen LogP contribution in [0.15, 0.2) is 42.5 Å². The highest BCUT2D eigenvalue weighted by Crippen LogP contribution is 2.16. The molecule has 2 aromatic rings. The fourth-order valence-electron chi connectivity index (χ4n) is 1.65. The van der Waals surface area contributed by atoms with Gasteiger partial charge in [-0.15, -0.1) is 0 Å². The second-order valence-corrected chi connectivity index (χ2v) is 4.58. The van der Waals surface area contributed by atoms with Crippen molar-refractivity contribution in [2.75, 3.05) is 6.54 Å². The topological polar surface area (TPSA) is 34.1 Å². The number of rotatable bonds is 6. The summed E-state index contributed by atoms with van der Waals surface area (Å²) in [5.74, 6) is 0.795. The predicted octanol–water partition coefficient (Wildman–Crippen LogP) is 3.42. The third kappa shape index (κ3) is 4.54. The van der Waals surface area contributed by atoms with Gasteiger partial charge in [-0.3, -0.25) is 4.98 Å². The monoisotopic (exact) mass is 276 g/mol. The Hall–Kier alpha value is -1.58. The fourth-order valence-corrected chi connectivity index (χ4v) is 1.78. The summed E-state index contributed by atoms with van der Waals surface area (Å²) in [6.07, 6.45) is 0. The summed E-state index contributed by atoms with van der Waals surface area (Å²) < 4.78 is 5.66. The first-order chi connectivity index (χ1) is 9.28. The Labute approximate surface area is 118 Å². The molecule has 1 N–H and O–H groups in total. The normalized spacial score (nSPS) is 10.4. The summed E-state index contributed by atoms with van der Waals surface area (Å²) in [7, 11) is 0. The molecule has 0 atom stereocenters. The zero-order valence-electron chi connectivity index (χ0n) is 10.9. The van der Waals surface area contributed by atoms with Gasteiger partial charge in [0.1, 0.15) is 12.4 Å². The second kappa shape index (κ2) is 7.12. The van der Waals surface area contributed by atoms with Crippen molar-refractivity contribution in [3.8, 4) is 5.75 Å². The van der Waals surface area contributed by atoms with Gasteiger partial charge in [0.25, 0.3) is 0 Å². The first kappa shape index (κ1) is 13.8. The van der Waals surface area contributed by atoms with Crippen molar-refractivity contribution in [2.45, 2.75) is 20.1 Å². The largest absolute Gasteiger partial charge is 0.487 e.